The molecule has 0 fully saturated rings. The van der Waals surface area contributed by atoms with Crippen molar-refractivity contribution in [2.24, 2.45) is 0 Å². The summed E-state index contributed by atoms with van der Waals surface area (Å²) in [5.74, 6) is -0.289. The van der Waals surface area contributed by atoms with E-state index in [4.69, 9.17) is 34.8 Å². The Hall–Kier alpha value is -1.22. The molecule has 19 heavy (non-hydrogen) atoms. The average Bonchev–Trinajstić information content (AvgIpc) is 2.33. The highest BCUT2D eigenvalue weighted by atomic mass is 35.5. The summed E-state index contributed by atoms with van der Waals surface area (Å²) in [5, 5.41) is 4.22. The summed E-state index contributed by atoms with van der Waals surface area (Å²) in [6, 6.07) is 10.0. The van der Waals surface area contributed by atoms with E-state index in [9.17, 15) is 4.79 Å². The van der Waals surface area contributed by atoms with Crippen molar-refractivity contribution in [3.8, 4) is 0 Å². The van der Waals surface area contributed by atoms with Gasteiger partial charge in [0.2, 0.25) is 0 Å². The highest BCUT2D eigenvalue weighted by Gasteiger charge is 2.11. The maximum Gasteiger partial charge on any atom is 0.257 e. The van der Waals surface area contributed by atoms with Crippen molar-refractivity contribution in [2.45, 2.75) is 6.92 Å². The highest BCUT2D eigenvalue weighted by Crippen LogP contribution is 2.23. The van der Waals surface area contributed by atoms with Crippen LogP contribution in [-0.4, -0.2) is 5.91 Å². The first-order chi connectivity index (χ1) is 8.97. The molecule has 1 N–H and O–H groups in total. The molecule has 2 aromatic rings. The van der Waals surface area contributed by atoms with Crippen molar-refractivity contribution in [1.29, 1.82) is 0 Å². The van der Waals surface area contributed by atoms with Gasteiger partial charge < -0.3 is 5.32 Å². The van der Waals surface area contributed by atoms with Gasteiger partial charge in [0, 0.05) is 15.7 Å². The van der Waals surface area contributed by atoms with Crippen LogP contribution in [0.2, 0.25) is 15.1 Å². The van der Waals surface area contributed by atoms with Crippen LogP contribution in [0.4, 0.5) is 5.69 Å². The minimum absolute atomic E-state index is 0.289. The van der Waals surface area contributed by atoms with Crippen LogP contribution in [0, 0.1) is 6.92 Å². The minimum Gasteiger partial charge on any atom is -0.322 e. The number of hydrogen-bond donors (Lipinski definition) is 1. The second-order valence-corrected chi connectivity index (χ2v) is 5.29. The van der Waals surface area contributed by atoms with E-state index >= 15 is 0 Å². The average molecular weight is 315 g/mol. The van der Waals surface area contributed by atoms with Gasteiger partial charge in [-0.15, -0.1) is 0 Å². The lowest BCUT2D eigenvalue weighted by Gasteiger charge is -2.08. The molecule has 0 aliphatic carbocycles. The van der Waals surface area contributed by atoms with E-state index in [1.807, 2.05) is 6.92 Å². The number of aryl methyl sites for hydroxylation is 1. The molecule has 2 rings (SSSR count). The van der Waals surface area contributed by atoms with E-state index in [0.717, 1.165) is 5.56 Å². The molecule has 0 bridgehead atoms. The number of rotatable bonds is 2. The summed E-state index contributed by atoms with van der Waals surface area (Å²) in [6.45, 7) is 1.87. The molecule has 0 unspecified atom stereocenters. The molecule has 2 aromatic carbocycles. The Labute approximate surface area is 126 Å². The normalized spacial score (nSPS) is 10.3. The number of benzene rings is 2. The number of carbonyl (C=O) groups is 1. The van der Waals surface area contributed by atoms with Crippen molar-refractivity contribution in [2.75, 3.05) is 5.32 Å². The molecule has 0 atom stereocenters. The molecule has 0 saturated carbocycles. The van der Waals surface area contributed by atoms with E-state index in [2.05, 4.69) is 5.32 Å². The van der Waals surface area contributed by atoms with Crippen molar-refractivity contribution < 1.29 is 4.79 Å². The summed E-state index contributed by atoms with van der Waals surface area (Å²) in [6.07, 6.45) is 0. The number of halogens is 3. The molecule has 2 nitrogen and oxygen atoms in total. The molecule has 0 aromatic heterocycles. The lowest BCUT2D eigenvalue weighted by Crippen LogP contribution is -2.12. The Morgan fingerprint density at radius 2 is 1.74 bits per heavy atom. The maximum absolute atomic E-state index is 12.1. The number of anilines is 1. The summed E-state index contributed by atoms with van der Waals surface area (Å²) < 4.78 is 0. The Morgan fingerprint density at radius 3 is 2.37 bits per heavy atom. The van der Waals surface area contributed by atoms with Crippen LogP contribution >= 0.6 is 34.8 Å². The van der Waals surface area contributed by atoms with Crippen LogP contribution in [0.3, 0.4) is 0 Å². The second-order valence-electron chi connectivity index (χ2n) is 4.04. The predicted octanol–water partition coefficient (Wildman–Crippen LogP) is 5.21. The zero-order valence-corrected chi connectivity index (χ0v) is 12.3. The van der Waals surface area contributed by atoms with Crippen LogP contribution < -0.4 is 5.32 Å². The van der Waals surface area contributed by atoms with Crippen LogP contribution in [0.5, 0.6) is 0 Å². The van der Waals surface area contributed by atoms with E-state index in [1.54, 1.807) is 30.3 Å². The first-order valence-corrected chi connectivity index (χ1v) is 6.63. The van der Waals surface area contributed by atoms with E-state index in [-0.39, 0.29) is 5.91 Å². The molecule has 98 valence electrons. The Morgan fingerprint density at radius 1 is 1.00 bits per heavy atom. The third-order valence-corrected chi connectivity index (χ3v) is 3.56. The van der Waals surface area contributed by atoms with Crippen LogP contribution in [0.15, 0.2) is 36.4 Å². The smallest absolute Gasteiger partial charge is 0.257 e. The molecular weight excluding hydrogens is 305 g/mol. The SMILES string of the molecule is Cc1cc(NC(=O)c2ccc(Cl)cc2Cl)ccc1Cl. The topological polar surface area (TPSA) is 29.1 Å². The number of nitrogens with one attached hydrogen (secondary N) is 1. The van der Waals surface area contributed by atoms with Crippen LogP contribution in [-0.2, 0) is 0 Å². The van der Waals surface area contributed by atoms with Gasteiger partial charge in [-0.05, 0) is 48.9 Å². The van der Waals surface area contributed by atoms with Crippen molar-refractivity contribution in [3.05, 3.63) is 62.6 Å². The molecule has 0 heterocycles. The first-order valence-electron chi connectivity index (χ1n) is 5.50. The number of hydrogen-bond acceptors (Lipinski definition) is 1. The predicted molar refractivity (Wildman–Crippen MR) is 80.6 cm³/mol. The third kappa shape index (κ3) is 3.41. The highest BCUT2D eigenvalue weighted by molar-refractivity contribution is 6.37. The second kappa shape index (κ2) is 5.83. The van der Waals surface area contributed by atoms with Gasteiger partial charge >= 0.3 is 0 Å². The van der Waals surface area contributed by atoms with E-state index < -0.39 is 0 Å². The maximum atomic E-state index is 12.1. The lowest BCUT2D eigenvalue weighted by atomic mass is 10.2. The quantitative estimate of drug-likeness (QED) is 0.810. The fourth-order valence-electron chi connectivity index (χ4n) is 1.59. The summed E-state index contributed by atoms with van der Waals surface area (Å²) >= 11 is 17.7. The van der Waals surface area contributed by atoms with Crippen LogP contribution in [0.1, 0.15) is 15.9 Å². The zero-order valence-electron chi connectivity index (χ0n) is 10.0. The van der Waals surface area contributed by atoms with Gasteiger partial charge in [-0.1, -0.05) is 34.8 Å². The van der Waals surface area contributed by atoms with Crippen molar-refractivity contribution >= 4 is 46.4 Å². The molecule has 0 radical (unpaired) electrons. The molecule has 0 saturated heterocycles. The van der Waals surface area contributed by atoms with Gasteiger partial charge in [0.1, 0.15) is 0 Å². The molecule has 5 heteroatoms. The lowest BCUT2D eigenvalue weighted by molar-refractivity contribution is 0.102. The monoisotopic (exact) mass is 313 g/mol. The van der Waals surface area contributed by atoms with E-state index in [0.29, 0.717) is 26.3 Å². The minimum atomic E-state index is -0.289. The fourth-order valence-corrected chi connectivity index (χ4v) is 2.21. The van der Waals surface area contributed by atoms with Gasteiger partial charge in [-0.3, -0.25) is 4.79 Å². The first kappa shape index (κ1) is 14.2. The summed E-state index contributed by atoms with van der Waals surface area (Å²) in [7, 11) is 0. The summed E-state index contributed by atoms with van der Waals surface area (Å²) in [5.41, 5.74) is 1.93. The molecule has 0 spiro atoms. The fraction of sp³-hybridized carbons (Fsp3) is 0.0714. The van der Waals surface area contributed by atoms with Crippen molar-refractivity contribution in [3.63, 3.8) is 0 Å². The van der Waals surface area contributed by atoms with Gasteiger partial charge in [0.25, 0.3) is 5.91 Å². The van der Waals surface area contributed by atoms with E-state index in [1.165, 1.54) is 6.07 Å². The molecule has 1 amide bonds. The third-order valence-electron chi connectivity index (χ3n) is 2.59. The van der Waals surface area contributed by atoms with Gasteiger partial charge in [0.05, 0.1) is 10.6 Å². The Bertz CT molecular complexity index is 641. The Balaban J connectivity index is 2.23. The molecular formula is C14H10Cl3NO. The van der Waals surface area contributed by atoms with Crippen LogP contribution in [0.25, 0.3) is 0 Å². The standard InChI is InChI=1S/C14H10Cl3NO/c1-8-6-10(3-5-12(8)16)18-14(19)11-4-2-9(15)7-13(11)17/h2-7H,1H3,(H,18,19). The van der Waals surface area contributed by atoms with Crippen molar-refractivity contribution in [1.82, 2.24) is 0 Å². The largest absolute Gasteiger partial charge is 0.322 e. The zero-order chi connectivity index (χ0) is 14.0. The van der Waals surface area contributed by atoms with Gasteiger partial charge in [0.15, 0.2) is 0 Å². The number of amides is 1. The Kier molecular flexibility index (Phi) is 4.35. The molecule has 0 aliphatic heterocycles. The van der Waals surface area contributed by atoms with Gasteiger partial charge in [-0.2, -0.15) is 0 Å². The number of carbonyl (C=O) groups excluding carboxylic acids is 1. The van der Waals surface area contributed by atoms with Gasteiger partial charge in [-0.25, -0.2) is 0 Å². The summed E-state index contributed by atoms with van der Waals surface area (Å²) in [4.78, 5) is 12.1. The molecule has 0 aliphatic rings.